The number of rotatable bonds is 3. The van der Waals surface area contributed by atoms with E-state index in [-0.39, 0.29) is 5.56 Å². The molecule has 1 aromatic heterocycles. The summed E-state index contributed by atoms with van der Waals surface area (Å²) in [6, 6.07) is 4.71. The van der Waals surface area contributed by atoms with Gasteiger partial charge < -0.3 is 5.11 Å². The second-order valence-electron chi connectivity index (χ2n) is 3.83. The average Bonchev–Trinajstić information content (AvgIpc) is 2.67. The van der Waals surface area contributed by atoms with Crippen LogP contribution in [0.15, 0.2) is 30.6 Å². The number of halogens is 1. The first-order chi connectivity index (χ1) is 8.06. The van der Waals surface area contributed by atoms with Crippen molar-refractivity contribution in [3.63, 3.8) is 0 Å². The Bertz CT molecular complexity index is 563. The molecule has 1 N–H and O–H groups in total. The number of aryl methyl sites for hydroxylation is 1. The highest BCUT2D eigenvalue weighted by molar-refractivity contribution is 6.31. The van der Waals surface area contributed by atoms with Crippen molar-refractivity contribution in [3.05, 3.63) is 52.3 Å². The Labute approximate surface area is 103 Å². The minimum absolute atomic E-state index is 0.190. The van der Waals surface area contributed by atoms with Gasteiger partial charge in [-0.1, -0.05) is 17.7 Å². The molecule has 0 radical (unpaired) electrons. The minimum atomic E-state index is -0.978. The monoisotopic (exact) mass is 250 g/mol. The molecule has 4 nitrogen and oxygen atoms in total. The van der Waals surface area contributed by atoms with Crippen LogP contribution < -0.4 is 0 Å². The molecule has 0 unspecified atom stereocenters. The van der Waals surface area contributed by atoms with Crippen LogP contribution in [0.2, 0.25) is 5.02 Å². The van der Waals surface area contributed by atoms with E-state index in [1.54, 1.807) is 23.0 Å². The molecule has 0 fully saturated rings. The normalized spacial score (nSPS) is 10.5. The molecule has 1 aromatic carbocycles. The zero-order valence-corrected chi connectivity index (χ0v) is 9.98. The zero-order chi connectivity index (χ0) is 12.4. The second kappa shape index (κ2) is 4.59. The summed E-state index contributed by atoms with van der Waals surface area (Å²) in [6.07, 6.45) is 3.67. The standard InChI is InChI=1S/C12H11ClN2O2/c1-8-5-14-15(6-8)7-10-3-2-9(12(16)17)4-11(10)13/h2-6H,7H2,1H3,(H,16,17). The molecular weight excluding hydrogens is 240 g/mol. The predicted molar refractivity (Wildman–Crippen MR) is 64.5 cm³/mol. The lowest BCUT2D eigenvalue weighted by Gasteiger charge is -2.05. The van der Waals surface area contributed by atoms with E-state index in [0.717, 1.165) is 11.1 Å². The molecule has 17 heavy (non-hydrogen) atoms. The quantitative estimate of drug-likeness (QED) is 0.911. The number of hydrogen-bond acceptors (Lipinski definition) is 2. The van der Waals surface area contributed by atoms with Gasteiger partial charge in [-0.3, -0.25) is 4.68 Å². The molecule has 2 rings (SSSR count). The molecule has 0 aliphatic heterocycles. The van der Waals surface area contributed by atoms with E-state index in [4.69, 9.17) is 16.7 Å². The number of aromatic nitrogens is 2. The van der Waals surface area contributed by atoms with Crippen LogP contribution in [0.4, 0.5) is 0 Å². The van der Waals surface area contributed by atoms with Gasteiger partial charge in [0.2, 0.25) is 0 Å². The van der Waals surface area contributed by atoms with Crippen molar-refractivity contribution in [1.29, 1.82) is 0 Å². The van der Waals surface area contributed by atoms with Gasteiger partial charge in [0.25, 0.3) is 0 Å². The summed E-state index contributed by atoms with van der Waals surface area (Å²) in [6.45, 7) is 2.49. The molecule has 0 saturated carbocycles. The Hall–Kier alpha value is -1.81. The van der Waals surface area contributed by atoms with Crippen molar-refractivity contribution in [3.8, 4) is 0 Å². The molecule has 0 aliphatic carbocycles. The van der Waals surface area contributed by atoms with Crippen LogP contribution in [0, 0.1) is 6.92 Å². The van der Waals surface area contributed by atoms with Crippen molar-refractivity contribution in [2.24, 2.45) is 0 Å². The second-order valence-corrected chi connectivity index (χ2v) is 4.23. The van der Waals surface area contributed by atoms with Gasteiger partial charge in [-0.2, -0.15) is 5.10 Å². The van der Waals surface area contributed by atoms with Gasteiger partial charge in [0.1, 0.15) is 0 Å². The SMILES string of the molecule is Cc1cnn(Cc2ccc(C(=O)O)cc2Cl)c1. The van der Waals surface area contributed by atoms with Crippen LogP contribution in [0.25, 0.3) is 0 Å². The topological polar surface area (TPSA) is 55.1 Å². The van der Waals surface area contributed by atoms with E-state index in [0.29, 0.717) is 11.6 Å². The van der Waals surface area contributed by atoms with Crippen molar-refractivity contribution in [2.45, 2.75) is 13.5 Å². The number of nitrogens with zero attached hydrogens (tertiary/aromatic N) is 2. The van der Waals surface area contributed by atoms with Crippen LogP contribution in [0.5, 0.6) is 0 Å². The summed E-state index contributed by atoms with van der Waals surface area (Å²) in [4.78, 5) is 10.7. The smallest absolute Gasteiger partial charge is 0.335 e. The number of carboxylic acids is 1. The Morgan fingerprint density at radius 3 is 2.82 bits per heavy atom. The predicted octanol–water partition coefficient (Wildman–Crippen LogP) is 2.59. The summed E-state index contributed by atoms with van der Waals surface area (Å²) < 4.78 is 1.76. The molecular formula is C12H11ClN2O2. The third-order valence-corrected chi connectivity index (χ3v) is 2.75. The number of hydrogen-bond donors (Lipinski definition) is 1. The minimum Gasteiger partial charge on any atom is -0.478 e. The molecule has 2 aromatic rings. The van der Waals surface area contributed by atoms with E-state index in [9.17, 15) is 4.79 Å². The lowest BCUT2D eigenvalue weighted by Crippen LogP contribution is -2.02. The zero-order valence-electron chi connectivity index (χ0n) is 9.22. The van der Waals surface area contributed by atoms with E-state index in [1.807, 2.05) is 13.1 Å². The van der Waals surface area contributed by atoms with Gasteiger partial charge >= 0.3 is 5.97 Å². The van der Waals surface area contributed by atoms with Crippen molar-refractivity contribution < 1.29 is 9.90 Å². The fraction of sp³-hybridized carbons (Fsp3) is 0.167. The van der Waals surface area contributed by atoms with E-state index >= 15 is 0 Å². The third kappa shape index (κ3) is 2.65. The molecule has 0 spiro atoms. The van der Waals surface area contributed by atoms with Gasteiger partial charge in [0.15, 0.2) is 0 Å². The average molecular weight is 251 g/mol. The van der Waals surface area contributed by atoms with E-state index in [1.165, 1.54) is 6.07 Å². The first-order valence-electron chi connectivity index (χ1n) is 5.07. The molecule has 5 heteroatoms. The highest BCUT2D eigenvalue weighted by atomic mass is 35.5. The molecule has 0 atom stereocenters. The number of carbonyl (C=O) groups is 1. The molecule has 0 aliphatic rings. The summed E-state index contributed by atoms with van der Waals surface area (Å²) >= 11 is 6.03. The molecule has 0 saturated heterocycles. The van der Waals surface area contributed by atoms with Gasteiger partial charge in [0, 0.05) is 11.2 Å². The Balaban J connectivity index is 2.25. The highest BCUT2D eigenvalue weighted by Crippen LogP contribution is 2.19. The molecule has 1 heterocycles. The fourth-order valence-electron chi connectivity index (χ4n) is 1.54. The molecule has 0 amide bonds. The largest absolute Gasteiger partial charge is 0.478 e. The first-order valence-corrected chi connectivity index (χ1v) is 5.45. The number of carboxylic acid groups (broad SMARTS) is 1. The lowest BCUT2D eigenvalue weighted by molar-refractivity contribution is 0.0697. The van der Waals surface area contributed by atoms with Crippen molar-refractivity contribution in [1.82, 2.24) is 9.78 Å². The Kier molecular flexibility index (Phi) is 3.15. The summed E-state index contributed by atoms with van der Waals surface area (Å²) in [5.41, 5.74) is 2.11. The Morgan fingerprint density at radius 2 is 2.29 bits per heavy atom. The maximum Gasteiger partial charge on any atom is 0.335 e. The van der Waals surface area contributed by atoms with Crippen LogP contribution >= 0.6 is 11.6 Å². The van der Waals surface area contributed by atoms with Crippen LogP contribution in [0.1, 0.15) is 21.5 Å². The lowest BCUT2D eigenvalue weighted by atomic mass is 10.1. The van der Waals surface area contributed by atoms with Gasteiger partial charge in [-0.05, 0) is 30.2 Å². The third-order valence-electron chi connectivity index (χ3n) is 2.39. The summed E-state index contributed by atoms with van der Waals surface area (Å²) in [5, 5.41) is 13.4. The van der Waals surface area contributed by atoms with Crippen LogP contribution in [0.3, 0.4) is 0 Å². The van der Waals surface area contributed by atoms with Gasteiger partial charge in [-0.15, -0.1) is 0 Å². The number of benzene rings is 1. The van der Waals surface area contributed by atoms with Crippen LogP contribution in [-0.2, 0) is 6.54 Å². The van der Waals surface area contributed by atoms with E-state index < -0.39 is 5.97 Å². The van der Waals surface area contributed by atoms with Crippen molar-refractivity contribution in [2.75, 3.05) is 0 Å². The summed E-state index contributed by atoms with van der Waals surface area (Å²) in [7, 11) is 0. The Morgan fingerprint density at radius 1 is 1.53 bits per heavy atom. The van der Waals surface area contributed by atoms with Gasteiger partial charge in [-0.25, -0.2) is 4.79 Å². The number of aromatic carboxylic acids is 1. The molecule has 0 bridgehead atoms. The van der Waals surface area contributed by atoms with Crippen molar-refractivity contribution >= 4 is 17.6 Å². The highest BCUT2D eigenvalue weighted by Gasteiger charge is 2.07. The maximum atomic E-state index is 10.7. The van der Waals surface area contributed by atoms with Crippen LogP contribution in [-0.4, -0.2) is 20.9 Å². The summed E-state index contributed by atoms with van der Waals surface area (Å²) in [5.74, 6) is -0.978. The molecule has 88 valence electrons. The maximum absolute atomic E-state index is 10.7. The fourth-order valence-corrected chi connectivity index (χ4v) is 1.78. The first kappa shape index (κ1) is 11.7. The van der Waals surface area contributed by atoms with Gasteiger partial charge in [0.05, 0.1) is 18.3 Å². The van der Waals surface area contributed by atoms with E-state index in [2.05, 4.69) is 5.10 Å².